The zero-order valence-corrected chi connectivity index (χ0v) is 12.4. The zero-order valence-electron chi connectivity index (χ0n) is 12.4. The topological polar surface area (TPSA) is 45.2 Å². The summed E-state index contributed by atoms with van der Waals surface area (Å²) in [6, 6.07) is 1.78. The van der Waals surface area contributed by atoms with Gasteiger partial charge in [-0.3, -0.25) is 9.78 Å². The summed E-state index contributed by atoms with van der Waals surface area (Å²) >= 11 is 0. The number of hydrogen-bond donors (Lipinski definition) is 1. The molecule has 106 valence electrons. The van der Waals surface area contributed by atoms with Crippen molar-refractivity contribution in [2.75, 3.05) is 25.5 Å². The first-order valence-electron chi connectivity index (χ1n) is 7.08. The van der Waals surface area contributed by atoms with Gasteiger partial charge in [0.15, 0.2) is 0 Å². The van der Waals surface area contributed by atoms with Gasteiger partial charge in [-0.2, -0.15) is 0 Å². The Hall–Kier alpha value is -1.58. The van der Waals surface area contributed by atoms with Crippen molar-refractivity contribution in [3.63, 3.8) is 0 Å². The summed E-state index contributed by atoms with van der Waals surface area (Å²) in [7, 11) is 1.81. The normalized spacial score (nSPS) is 10.6. The summed E-state index contributed by atoms with van der Waals surface area (Å²) in [6.07, 6.45) is 5.57. The van der Waals surface area contributed by atoms with E-state index in [0.717, 1.165) is 31.6 Å². The van der Waals surface area contributed by atoms with Crippen LogP contribution in [0.25, 0.3) is 0 Å². The molecular weight excluding hydrogens is 238 g/mol. The number of hydrogen-bond acceptors (Lipinski definition) is 3. The fraction of sp³-hybridized carbons (Fsp3) is 0.600. The molecule has 0 radical (unpaired) electrons. The number of pyridine rings is 1. The molecule has 1 heterocycles. The SMILES string of the molecule is CCC(CC)CN(CC)C(=O)c1ccncc1NC. The van der Waals surface area contributed by atoms with E-state index in [-0.39, 0.29) is 5.91 Å². The highest BCUT2D eigenvalue weighted by molar-refractivity contribution is 5.99. The summed E-state index contributed by atoms with van der Waals surface area (Å²) in [5.41, 5.74) is 1.49. The van der Waals surface area contributed by atoms with Gasteiger partial charge in [-0.1, -0.05) is 26.7 Å². The predicted molar refractivity (Wildman–Crippen MR) is 79.4 cm³/mol. The van der Waals surface area contributed by atoms with E-state index >= 15 is 0 Å². The largest absolute Gasteiger partial charge is 0.386 e. The van der Waals surface area contributed by atoms with E-state index in [1.54, 1.807) is 18.5 Å². The van der Waals surface area contributed by atoms with Gasteiger partial charge in [0.1, 0.15) is 0 Å². The van der Waals surface area contributed by atoms with Crippen LogP contribution in [0.4, 0.5) is 5.69 Å². The summed E-state index contributed by atoms with van der Waals surface area (Å²) in [5.74, 6) is 0.657. The molecule has 0 aliphatic carbocycles. The van der Waals surface area contributed by atoms with Gasteiger partial charge >= 0.3 is 0 Å². The van der Waals surface area contributed by atoms with E-state index in [1.165, 1.54) is 0 Å². The summed E-state index contributed by atoms with van der Waals surface area (Å²) in [4.78, 5) is 18.5. The number of aromatic nitrogens is 1. The Kier molecular flexibility index (Phi) is 6.33. The quantitative estimate of drug-likeness (QED) is 0.822. The number of carbonyl (C=O) groups is 1. The molecule has 1 amide bonds. The van der Waals surface area contributed by atoms with Crippen LogP contribution in [0.1, 0.15) is 44.0 Å². The van der Waals surface area contributed by atoms with Crippen molar-refractivity contribution in [3.8, 4) is 0 Å². The number of carbonyl (C=O) groups excluding carboxylic acids is 1. The first-order valence-corrected chi connectivity index (χ1v) is 7.08. The van der Waals surface area contributed by atoms with Gasteiger partial charge in [-0.15, -0.1) is 0 Å². The summed E-state index contributed by atoms with van der Waals surface area (Å²) in [5, 5.41) is 3.03. The first-order chi connectivity index (χ1) is 9.17. The highest BCUT2D eigenvalue weighted by atomic mass is 16.2. The minimum Gasteiger partial charge on any atom is -0.386 e. The van der Waals surface area contributed by atoms with E-state index in [2.05, 4.69) is 24.1 Å². The third-order valence-electron chi connectivity index (χ3n) is 3.62. The van der Waals surface area contributed by atoms with Crippen LogP contribution in [0.15, 0.2) is 18.5 Å². The van der Waals surface area contributed by atoms with Crippen LogP contribution in [0.2, 0.25) is 0 Å². The highest BCUT2D eigenvalue weighted by Crippen LogP contribution is 2.17. The first kappa shape index (κ1) is 15.5. The molecule has 0 aliphatic heterocycles. The minimum absolute atomic E-state index is 0.0844. The fourth-order valence-corrected chi connectivity index (χ4v) is 2.16. The molecule has 0 saturated carbocycles. The number of rotatable bonds is 7. The van der Waals surface area contributed by atoms with Crippen LogP contribution in [-0.2, 0) is 0 Å². The molecule has 19 heavy (non-hydrogen) atoms. The molecule has 0 spiro atoms. The molecule has 0 unspecified atom stereocenters. The van der Waals surface area contributed by atoms with Crippen LogP contribution in [0, 0.1) is 5.92 Å². The van der Waals surface area contributed by atoms with Crippen molar-refractivity contribution in [3.05, 3.63) is 24.0 Å². The number of amides is 1. The second-order valence-corrected chi connectivity index (χ2v) is 4.70. The van der Waals surface area contributed by atoms with E-state index < -0.39 is 0 Å². The molecule has 1 N–H and O–H groups in total. The Morgan fingerprint density at radius 1 is 1.37 bits per heavy atom. The van der Waals surface area contributed by atoms with E-state index in [0.29, 0.717) is 11.5 Å². The maximum Gasteiger partial charge on any atom is 0.256 e. The van der Waals surface area contributed by atoms with E-state index in [9.17, 15) is 4.79 Å². The third kappa shape index (κ3) is 3.94. The lowest BCUT2D eigenvalue weighted by Crippen LogP contribution is -2.35. The van der Waals surface area contributed by atoms with E-state index in [1.807, 2.05) is 18.9 Å². The average molecular weight is 263 g/mol. The van der Waals surface area contributed by atoms with Crippen molar-refractivity contribution in [1.29, 1.82) is 0 Å². The minimum atomic E-state index is 0.0844. The fourth-order valence-electron chi connectivity index (χ4n) is 2.16. The van der Waals surface area contributed by atoms with Gasteiger partial charge in [0, 0.05) is 26.3 Å². The van der Waals surface area contributed by atoms with Gasteiger partial charge in [-0.05, 0) is 18.9 Å². The average Bonchev–Trinajstić information content (AvgIpc) is 2.48. The second-order valence-electron chi connectivity index (χ2n) is 4.70. The molecular formula is C15H25N3O. The van der Waals surface area contributed by atoms with Crippen molar-refractivity contribution in [2.24, 2.45) is 5.92 Å². The molecule has 1 aromatic rings. The van der Waals surface area contributed by atoms with Crippen molar-refractivity contribution in [2.45, 2.75) is 33.6 Å². The molecule has 0 atom stereocenters. The predicted octanol–water partition coefficient (Wildman–Crippen LogP) is 3.02. The van der Waals surface area contributed by atoms with Gasteiger partial charge in [0.2, 0.25) is 0 Å². The number of nitrogens with zero attached hydrogens (tertiary/aromatic N) is 2. The lowest BCUT2D eigenvalue weighted by molar-refractivity contribution is 0.0736. The molecule has 4 heteroatoms. The standard InChI is InChI=1S/C15H25N3O/c1-5-12(6-2)11-18(7-3)15(19)13-8-9-17-10-14(13)16-4/h8-10,12,16H,5-7,11H2,1-4H3. The Morgan fingerprint density at radius 2 is 2.05 bits per heavy atom. The Bertz CT molecular complexity index is 402. The lowest BCUT2D eigenvalue weighted by atomic mass is 10.0. The molecule has 0 bridgehead atoms. The molecule has 0 fully saturated rings. The monoisotopic (exact) mass is 263 g/mol. The molecule has 0 aliphatic rings. The van der Waals surface area contributed by atoms with Crippen LogP contribution in [0.3, 0.4) is 0 Å². The van der Waals surface area contributed by atoms with Crippen molar-refractivity contribution < 1.29 is 4.79 Å². The summed E-state index contributed by atoms with van der Waals surface area (Å²) in [6.45, 7) is 7.95. The summed E-state index contributed by atoms with van der Waals surface area (Å²) < 4.78 is 0. The Morgan fingerprint density at radius 3 is 2.58 bits per heavy atom. The van der Waals surface area contributed by atoms with Gasteiger partial charge in [-0.25, -0.2) is 0 Å². The maximum absolute atomic E-state index is 12.6. The highest BCUT2D eigenvalue weighted by Gasteiger charge is 2.19. The molecule has 0 aromatic carbocycles. The number of nitrogens with one attached hydrogen (secondary N) is 1. The maximum atomic E-state index is 12.6. The van der Waals surface area contributed by atoms with Crippen LogP contribution < -0.4 is 5.32 Å². The van der Waals surface area contributed by atoms with Crippen molar-refractivity contribution >= 4 is 11.6 Å². The van der Waals surface area contributed by atoms with Gasteiger partial charge in [0.25, 0.3) is 5.91 Å². The second kappa shape index (κ2) is 7.77. The smallest absolute Gasteiger partial charge is 0.256 e. The molecule has 1 rings (SSSR count). The van der Waals surface area contributed by atoms with Gasteiger partial charge < -0.3 is 10.2 Å². The van der Waals surface area contributed by atoms with Crippen molar-refractivity contribution in [1.82, 2.24) is 9.88 Å². The molecule has 1 aromatic heterocycles. The zero-order chi connectivity index (χ0) is 14.3. The Labute approximate surface area is 116 Å². The van der Waals surface area contributed by atoms with Crippen LogP contribution >= 0.6 is 0 Å². The van der Waals surface area contributed by atoms with Crippen LogP contribution in [-0.4, -0.2) is 35.9 Å². The third-order valence-corrected chi connectivity index (χ3v) is 3.62. The van der Waals surface area contributed by atoms with Gasteiger partial charge in [0.05, 0.1) is 17.4 Å². The molecule has 0 saturated heterocycles. The molecule has 4 nitrogen and oxygen atoms in total. The number of anilines is 1. The van der Waals surface area contributed by atoms with E-state index in [4.69, 9.17) is 0 Å². The van der Waals surface area contributed by atoms with Crippen LogP contribution in [0.5, 0.6) is 0 Å². The Balaban J connectivity index is 2.89. The lowest BCUT2D eigenvalue weighted by Gasteiger charge is -2.26.